The van der Waals surface area contributed by atoms with Crippen molar-refractivity contribution in [2.45, 2.75) is 24.4 Å². The minimum atomic E-state index is 0.561. The second-order valence-corrected chi connectivity index (χ2v) is 7.27. The monoisotopic (exact) mass is 369 g/mol. The van der Waals surface area contributed by atoms with Crippen LogP contribution in [0.1, 0.15) is 17.3 Å². The molecule has 4 rings (SSSR count). The Hall–Kier alpha value is -2.45. The maximum atomic E-state index is 5.34. The molecule has 126 valence electrons. The van der Waals surface area contributed by atoms with Crippen molar-refractivity contribution in [1.29, 1.82) is 0 Å². The van der Waals surface area contributed by atoms with E-state index < -0.39 is 0 Å². The zero-order chi connectivity index (χ0) is 17.1. The number of rotatable bonds is 6. The topological polar surface area (TPSA) is 69.6 Å². The van der Waals surface area contributed by atoms with Gasteiger partial charge in [-0.05, 0) is 23.9 Å². The number of nitrogens with zero attached hydrogens (tertiary/aromatic N) is 5. The van der Waals surface area contributed by atoms with Crippen LogP contribution in [0.5, 0.6) is 0 Å². The molecule has 8 heteroatoms. The van der Waals surface area contributed by atoms with Crippen LogP contribution in [0.3, 0.4) is 0 Å². The number of hydrogen-bond acceptors (Lipinski definition) is 7. The summed E-state index contributed by atoms with van der Waals surface area (Å²) in [4.78, 5) is 5.45. The zero-order valence-corrected chi connectivity index (χ0v) is 15.1. The normalized spacial score (nSPS) is 11.1. The molecule has 3 heterocycles. The average Bonchev–Trinajstić information content (AvgIpc) is 3.37. The van der Waals surface area contributed by atoms with Gasteiger partial charge in [0.25, 0.3) is 0 Å². The molecule has 0 aliphatic rings. The van der Waals surface area contributed by atoms with E-state index in [-0.39, 0.29) is 0 Å². The van der Waals surface area contributed by atoms with Crippen LogP contribution in [0.4, 0.5) is 0 Å². The van der Waals surface area contributed by atoms with Crippen LogP contribution in [0.15, 0.2) is 57.5 Å². The van der Waals surface area contributed by atoms with Crippen molar-refractivity contribution < 1.29 is 4.52 Å². The lowest BCUT2D eigenvalue weighted by molar-refractivity contribution is 0.391. The summed E-state index contributed by atoms with van der Waals surface area (Å²) in [6, 6.07) is 14.2. The van der Waals surface area contributed by atoms with Crippen molar-refractivity contribution in [3.05, 3.63) is 65.1 Å². The first-order valence-electron chi connectivity index (χ1n) is 7.72. The molecule has 0 saturated carbocycles. The second-order valence-electron chi connectivity index (χ2n) is 5.38. The molecule has 25 heavy (non-hydrogen) atoms. The number of thiophene rings is 1. The van der Waals surface area contributed by atoms with Gasteiger partial charge >= 0.3 is 0 Å². The molecule has 0 aliphatic heterocycles. The van der Waals surface area contributed by atoms with Crippen LogP contribution in [0.2, 0.25) is 0 Å². The fraction of sp³-hybridized carbons (Fsp3) is 0.176. The summed E-state index contributed by atoms with van der Waals surface area (Å²) in [5.74, 6) is 2.66. The first-order valence-corrected chi connectivity index (χ1v) is 9.59. The molecule has 0 amide bonds. The Labute approximate surface area is 152 Å². The van der Waals surface area contributed by atoms with Gasteiger partial charge in [-0.15, -0.1) is 21.5 Å². The van der Waals surface area contributed by atoms with Crippen LogP contribution in [0, 0.1) is 6.92 Å². The molecule has 6 nitrogen and oxygen atoms in total. The number of aryl methyl sites for hydroxylation is 1. The lowest BCUT2D eigenvalue weighted by Gasteiger charge is -2.07. The van der Waals surface area contributed by atoms with Crippen LogP contribution < -0.4 is 0 Å². The summed E-state index contributed by atoms with van der Waals surface area (Å²) in [6.45, 7) is 2.70. The molecule has 0 N–H and O–H groups in total. The van der Waals surface area contributed by atoms with Crippen LogP contribution >= 0.6 is 23.1 Å². The summed E-state index contributed by atoms with van der Waals surface area (Å²) in [5.41, 5.74) is 1.21. The van der Waals surface area contributed by atoms with Crippen LogP contribution in [-0.2, 0) is 12.3 Å². The van der Waals surface area contributed by atoms with Crippen molar-refractivity contribution in [1.82, 2.24) is 24.9 Å². The highest BCUT2D eigenvalue weighted by Crippen LogP contribution is 2.25. The minimum absolute atomic E-state index is 0.561. The first kappa shape index (κ1) is 16.0. The fourth-order valence-electron chi connectivity index (χ4n) is 2.36. The van der Waals surface area contributed by atoms with Gasteiger partial charge in [-0.3, -0.25) is 0 Å². The molecule has 0 unspecified atom stereocenters. The molecule has 0 spiro atoms. The van der Waals surface area contributed by atoms with E-state index in [0.717, 1.165) is 22.4 Å². The highest BCUT2D eigenvalue weighted by atomic mass is 32.2. The second kappa shape index (κ2) is 7.20. The number of thioether (sulfide) groups is 1. The van der Waals surface area contributed by atoms with Crippen molar-refractivity contribution in [2.24, 2.45) is 0 Å². The standard InChI is InChI=1S/C17H15N5OS2/c1-12-19-20-17(22(12)10-13-6-3-2-4-7-13)25-11-15-18-16(21-23-15)14-8-5-9-24-14/h2-9H,10-11H2,1H3. The van der Waals surface area contributed by atoms with Gasteiger partial charge < -0.3 is 9.09 Å². The Kier molecular flexibility index (Phi) is 4.62. The van der Waals surface area contributed by atoms with E-state index in [0.29, 0.717) is 17.5 Å². The minimum Gasteiger partial charge on any atom is -0.338 e. The zero-order valence-electron chi connectivity index (χ0n) is 13.5. The maximum Gasteiger partial charge on any atom is 0.237 e. The SMILES string of the molecule is Cc1nnc(SCc2nc(-c3cccs3)no2)n1Cc1ccccc1. The third kappa shape index (κ3) is 3.64. The van der Waals surface area contributed by atoms with Crippen molar-refractivity contribution in [2.75, 3.05) is 0 Å². The molecule has 0 saturated heterocycles. The van der Waals surface area contributed by atoms with Gasteiger partial charge in [0.05, 0.1) is 17.2 Å². The third-order valence-electron chi connectivity index (χ3n) is 3.62. The molecule has 0 bridgehead atoms. The molecule has 0 radical (unpaired) electrons. The molecular formula is C17H15N5OS2. The van der Waals surface area contributed by atoms with Gasteiger partial charge in [0.15, 0.2) is 5.16 Å². The highest BCUT2D eigenvalue weighted by molar-refractivity contribution is 7.98. The van der Waals surface area contributed by atoms with Gasteiger partial charge in [-0.2, -0.15) is 4.98 Å². The summed E-state index contributed by atoms with van der Waals surface area (Å²) in [5, 5.41) is 15.3. The number of benzene rings is 1. The smallest absolute Gasteiger partial charge is 0.237 e. The summed E-state index contributed by atoms with van der Waals surface area (Å²) < 4.78 is 7.44. The van der Waals surface area contributed by atoms with E-state index in [9.17, 15) is 0 Å². The van der Waals surface area contributed by atoms with Gasteiger partial charge in [-0.25, -0.2) is 0 Å². The average molecular weight is 369 g/mol. The molecular weight excluding hydrogens is 354 g/mol. The molecule has 1 aromatic carbocycles. The molecule has 0 atom stereocenters. The van der Waals surface area contributed by atoms with E-state index in [1.165, 1.54) is 5.56 Å². The van der Waals surface area contributed by atoms with Gasteiger partial charge in [-0.1, -0.05) is 53.3 Å². The van der Waals surface area contributed by atoms with E-state index in [1.54, 1.807) is 23.1 Å². The van der Waals surface area contributed by atoms with Crippen molar-refractivity contribution in [3.63, 3.8) is 0 Å². The molecule has 4 aromatic rings. The highest BCUT2D eigenvalue weighted by Gasteiger charge is 2.14. The van der Waals surface area contributed by atoms with E-state index in [1.807, 2.05) is 42.6 Å². The lowest BCUT2D eigenvalue weighted by atomic mass is 10.2. The van der Waals surface area contributed by atoms with E-state index >= 15 is 0 Å². The maximum absolute atomic E-state index is 5.34. The summed E-state index contributed by atoms with van der Waals surface area (Å²) >= 11 is 3.14. The van der Waals surface area contributed by atoms with Crippen molar-refractivity contribution in [3.8, 4) is 10.7 Å². The van der Waals surface area contributed by atoms with Crippen LogP contribution in [0.25, 0.3) is 10.7 Å². The molecule has 0 fully saturated rings. The number of aromatic nitrogens is 5. The Bertz CT molecular complexity index is 947. The predicted octanol–water partition coefficient (Wildman–Crippen LogP) is 4.04. The summed E-state index contributed by atoms with van der Waals surface area (Å²) in [7, 11) is 0. The lowest BCUT2D eigenvalue weighted by Crippen LogP contribution is -2.03. The Balaban J connectivity index is 1.47. The van der Waals surface area contributed by atoms with Gasteiger partial charge in [0.2, 0.25) is 11.7 Å². The van der Waals surface area contributed by atoms with Crippen LogP contribution in [-0.4, -0.2) is 24.9 Å². The Morgan fingerprint density at radius 3 is 2.80 bits per heavy atom. The Morgan fingerprint density at radius 1 is 1.12 bits per heavy atom. The number of hydrogen-bond donors (Lipinski definition) is 0. The molecule has 0 aliphatic carbocycles. The first-order chi connectivity index (χ1) is 12.3. The quantitative estimate of drug-likeness (QED) is 0.478. The summed E-state index contributed by atoms with van der Waals surface area (Å²) in [6.07, 6.45) is 0. The van der Waals surface area contributed by atoms with E-state index in [2.05, 4.69) is 37.0 Å². The molecule has 3 aromatic heterocycles. The van der Waals surface area contributed by atoms with E-state index in [4.69, 9.17) is 4.52 Å². The Morgan fingerprint density at radius 2 is 2.00 bits per heavy atom. The third-order valence-corrected chi connectivity index (χ3v) is 5.44. The largest absolute Gasteiger partial charge is 0.338 e. The van der Waals surface area contributed by atoms with Crippen molar-refractivity contribution >= 4 is 23.1 Å². The fourth-order valence-corrected chi connectivity index (χ4v) is 3.83. The van der Waals surface area contributed by atoms with Gasteiger partial charge in [0, 0.05) is 0 Å². The predicted molar refractivity (Wildman–Crippen MR) is 97.5 cm³/mol. The van der Waals surface area contributed by atoms with Gasteiger partial charge in [0.1, 0.15) is 5.82 Å².